The summed E-state index contributed by atoms with van der Waals surface area (Å²) in [6, 6.07) is 0. The molecule has 0 radical (unpaired) electrons. The number of rotatable bonds is 8. The van der Waals surface area contributed by atoms with Crippen LogP contribution in [0.25, 0.3) is 0 Å². The lowest BCUT2D eigenvalue weighted by atomic mass is 9.97. The third-order valence-corrected chi connectivity index (χ3v) is 5.28. The third-order valence-electron chi connectivity index (χ3n) is 4.03. The van der Waals surface area contributed by atoms with E-state index in [1.54, 1.807) is 0 Å². The molecule has 1 aliphatic heterocycles. The van der Waals surface area contributed by atoms with Crippen LogP contribution in [0.2, 0.25) is 0 Å². The minimum atomic E-state index is -3.58. The van der Waals surface area contributed by atoms with Gasteiger partial charge in [0, 0.05) is 19.7 Å². The Bertz CT molecular complexity index is 496. The van der Waals surface area contributed by atoms with Crippen LogP contribution >= 0.6 is 0 Å². The van der Waals surface area contributed by atoms with Gasteiger partial charge in [-0.05, 0) is 44.9 Å². The molecule has 1 fully saturated rings. The first-order valence-corrected chi connectivity index (χ1v) is 9.74. The van der Waals surface area contributed by atoms with Gasteiger partial charge >= 0.3 is 0 Å². The molecule has 0 bridgehead atoms. The Balaban J connectivity index is 1.63. The number of carbonyl (C=O) groups is 1. The first-order chi connectivity index (χ1) is 10.6. The Labute approximate surface area is 132 Å². The molecule has 1 unspecified atom stereocenters. The molecule has 2 rings (SSSR count). The van der Waals surface area contributed by atoms with Gasteiger partial charge < -0.3 is 10.1 Å². The number of allylic oxidation sites excluding steroid dienone is 1. The Morgan fingerprint density at radius 3 is 2.86 bits per heavy atom. The molecule has 7 heteroatoms. The van der Waals surface area contributed by atoms with Gasteiger partial charge in [0.25, 0.3) is 0 Å². The van der Waals surface area contributed by atoms with Gasteiger partial charge in [-0.3, -0.25) is 4.79 Å². The number of hydrogen-bond donors (Lipinski definition) is 2. The van der Waals surface area contributed by atoms with E-state index in [1.165, 1.54) is 18.4 Å². The van der Waals surface area contributed by atoms with Crippen molar-refractivity contribution < 1.29 is 17.9 Å². The summed E-state index contributed by atoms with van der Waals surface area (Å²) in [6.07, 6.45) is 9.47. The molecule has 0 aromatic heterocycles. The third kappa shape index (κ3) is 6.46. The SMILES string of the molecule is O=C(CS(=O)(=O)NCC1CCCO1)NCCC1=CCCCC1. The molecule has 2 N–H and O–H groups in total. The first kappa shape index (κ1) is 17.4. The highest BCUT2D eigenvalue weighted by Crippen LogP contribution is 2.19. The van der Waals surface area contributed by atoms with Gasteiger partial charge in [0.15, 0.2) is 0 Å². The quantitative estimate of drug-likeness (QED) is 0.653. The van der Waals surface area contributed by atoms with Crippen LogP contribution in [-0.2, 0) is 19.6 Å². The Hall–Kier alpha value is -0.920. The average Bonchev–Trinajstić information content (AvgIpc) is 2.99. The summed E-state index contributed by atoms with van der Waals surface area (Å²) < 4.78 is 31.4. The van der Waals surface area contributed by atoms with Crippen molar-refractivity contribution in [1.82, 2.24) is 10.0 Å². The minimum Gasteiger partial charge on any atom is -0.377 e. The van der Waals surface area contributed by atoms with Gasteiger partial charge in [-0.2, -0.15) is 0 Å². The summed E-state index contributed by atoms with van der Waals surface area (Å²) in [5.41, 5.74) is 1.37. The van der Waals surface area contributed by atoms with Gasteiger partial charge in [0.05, 0.1) is 6.10 Å². The van der Waals surface area contributed by atoms with Crippen LogP contribution in [0.3, 0.4) is 0 Å². The van der Waals surface area contributed by atoms with Crippen molar-refractivity contribution in [2.24, 2.45) is 0 Å². The smallest absolute Gasteiger partial charge is 0.236 e. The fourth-order valence-corrected chi connectivity index (χ4v) is 3.78. The predicted molar refractivity (Wildman–Crippen MR) is 84.9 cm³/mol. The van der Waals surface area contributed by atoms with Crippen molar-refractivity contribution in [2.75, 3.05) is 25.4 Å². The van der Waals surface area contributed by atoms with Crippen molar-refractivity contribution in [3.05, 3.63) is 11.6 Å². The summed E-state index contributed by atoms with van der Waals surface area (Å²) in [5.74, 6) is -0.963. The molecule has 1 saturated heterocycles. The van der Waals surface area contributed by atoms with Crippen LogP contribution in [0.5, 0.6) is 0 Å². The summed E-state index contributed by atoms with van der Waals surface area (Å²) in [7, 11) is -3.58. The van der Waals surface area contributed by atoms with Crippen LogP contribution in [0, 0.1) is 0 Å². The van der Waals surface area contributed by atoms with Gasteiger partial charge in [-0.25, -0.2) is 13.1 Å². The summed E-state index contributed by atoms with van der Waals surface area (Å²) in [5, 5.41) is 2.68. The number of ether oxygens (including phenoxy) is 1. The fraction of sp³-hybridized carbons (Fsp3) is 0.800. The van der Waals surface area contributed by atoms with Crippen molar-refractivity contribution >= 4 is 15.9 Å². The molecule has 1 amide bonds. The number of nitrogens with one attached hydrogen (secondary N) is 2. The number of carbonyl (C=O) groups excluding carboxylic acids is 1. The standard InChI is InChI=1S/C15H26N2O4S/c18-15(16-9-8-13-5-2-1-3-6-13)12-22(19,20)17-11-14-7-4-10-21-14/h5,14,17H,1-4,6-12H2,(H,16,18). The molecular weight excluding hydrogens is 304 g/mol. The van der Waals surface area contributed by atoms with E-state index in [2.05, 4.69) is 16.1 Å². The fourth-order valence-electron chi connectivity index (χ4n) is 2.79. The normalized spacial score (nSPS) is 22.4. The zero-order chi connectivity index (χ0) is 15.8. The molecule has 1 heterocycles. The lowest BCUT2D eigenvalue weighted by Crippen LogP contribution is -2.39. The highest BCUT2D eigenvalue weighted by Gasteiger charge is 2.21. The van der Waals surface area contributed by atoms with E-state index in [0.717, 1.165) is 32.1 Å². The van der Waals surface area contributed by atoms with E-state index >= 15 is 0 Å². The van der Waals surface area contributed by atoms with E-state index in [-0.39, 0.29) is 12.6 Å². The molecule has 0 spiro atoms. The number of hydrogen-bond acceptors (Lipinski definition) is 4. The zero-order valence-electron chi connectivity index (χ0n) is 13.0. The maximum Gasteiger partial charge on any atom is 0.236 e. The van der Waals surface area contributed by atoms with E-state index < -0.39 is 21.7 Å². The monoisotopic (exact) mass is 330 g/mol. The second-order valence-corrected chi connectivity index (χ2v) is 7.76. The van der Waals surface area contributed by atoms with Gasteiger partial charge in [0.1, 0.15) is 5.75 Å². The molecule has 126 valence electrons. The van der Waals surface area contributed by atoms with Crippen LogP contribution in [0.1, 0.15) is 44.9 Å². The lowest BCUT2D eigenvalue weighted by Gasteiger charge is -2.13. The topological polar surface area (TPSA) is 84.5 Å². The Morgan fingerprint density at radius 1 is 1.32 bits per heavy atom. The van der Waals surface area contributed by atoms with Crippen molar-refractivity contribution in [3.63, 3.8) is 0 Å². The average molecular weight is 330 g/mol. The van der Waals surface area contributed by atoms with Crippen LogP contribution in [0.4, 0.5) is 0 Å². The van der Waals surface area contributed by atoms with E-state index in [4.69, 9.17) is 4.74 Å². The molecule has 6 nitrogen and oxygen atoms in total. The van der Waals surface area contributed by atoms with Gasteiger partial charge in [0.2, 0.25) is 15.9 Å². The maximum atomic E-state index is 11.8. The molecule has 22 heavy (non-hydrogen) atoms. The van der Waals surface area contributed by atoms with Gasteiger partial charge in [-0.15, -0.1) is 0 Å². The number of amides is 1. The Morgan fingerprint density at radius 2 is 2.18 bits per heavy atom. The van der Waals surface area contributed by atoms with E-state index in [9.17, 15) is 13.2 Å². The summed E-state index contributed by atoms with van der Waals surface area (Å²) in [4.78, 5) is 11.7. The molecule has 1 atom stereocenters. The van der Waals surface area contributed by atoms with Crippen LogP contribution in [-0.4, -0.2) is 45.9 Å². The molecule has 0 saturated carbocycles. The molecule has 2 aliphatic rings. The zero-order valence-corrected chi connectivity index (χ0v) is 13.8. The summed E-state index contributed by atoms with van der Waals surface area (Å²) >= 11 is 0. The molecule has 1 aliphatic carbocycles. The van der Waals surface area contributed by atoms with Gasteiger partial charge in [-0.1, -0.05) is 11.6 Å². The van der Waals surface area contributed by atoms with Crippen LogP contribution < -0.4 is 10.0 Å². The minimum absolute atomic E-state index is 0.0592. The number of sulfonamides is 1. The molecule has 0 aromatic carbocycles. The maximum absolute atomic E-state index is 11.8. The summed E-state index contributed by atoms with van der Waals surface area (Å²) in [6.45, 7) is 1.44. The molecular formula is C15H26N2O4S. The Kier molecular flexibility index (Phi) is 6.85. The lowest BCUT2D eigenvalue weighted by molar-refractivity contribution is -0.118. The van der Waals surface area contributed by atoms with Crippen molar-refractivity contribution in [1.29, 1.82) is 0 Å². The van der Waals surface area contributed by atoms with Crippen molar-refractivity contribution in [3.8, 4) is 0 Å². The van der Waals surface area contributed by atoms with Crippen molar-refractivity contribution in [2.45, 2.75) is 51.0 Å². The first-order valence-electron chi connectivity index (χ1n) is 8.09. The predicted octanol–water partition coefficient (Wildman–Crippen LogP) is 1.09. The highest BCUT2D eigenvalue weighted by atomic mass is 32.2. The largest absolute Gasteiger partial charge is 0.377 e. The van der Waals surface area contributed by atoms with E-state index in [1.807, 2.05) is 0 Å². The molecule has 0 aromatic rings. The highest BCUT2D eigenvalue weighted by molar-refractivity contribution is 7.90. The van der Waals surface area contributed by atoms with E-state index in [0.29, 0.717) is 13.2 Å². The van der Waals surface area contributed by atoms with Crippen LogP contribution in [0.15, 0.2) is 11.6 Å². The second kappa shape index (κ2) is 8.64. The second-order valence-electron chi connectivity index (χ2n) is 5.95.